The number of allylic oxidation sites excluding steroid dienone is 2. The molecule has 3 rings (SSSR count). The number of benzene rings is 2. The van der Waals surface area contributed by atoms with E-state index < -0.39 is 0 Å². The van der Waals surface area contributed by atoms with E-state index in [1.807, 2.05) is 42.5 Å². The highest BCUT2D eigenvalue weighted by molar-refractivity contribution is 6.40. The van der Waals surface area contributed by atoms with E-state index in [0.29, 0.717) is 28.7 Å². The van der Waals surface area contributed by atoms with Gasteiger partial charge in [-0.15, -0.1) is 0 Å². The number of rotatable bonds is 8. The smallest absolute Gasteiger partial charge is 0.194 e. The van der Waals surface area contributed by atoms with E-state index in [1.165, 1.54) is 25.7 Å². The van der Waals surface area contributed by atoms with Crippen molar-refractivity contribution in [2.24, 2.45) is 0 Å². The minimum atomic E-state index is -0.0209. The Bertz CT molecular complexity index is 815. The summed E-state index contributed by atoms with van der Waals surface area (Å²) in [6.45, 7) is 2.21. The fourth-order valence-electron chi connectivity index (χ4n) is 3.66. The van der Waals surface area contributed by atoms with Gasteiger partial charge in [0.1, 0.15) is 0 Å². The third kappa shape index (κ3) is 3.85. The van der Waals surface area contributed by atoms with Gasteiger partial charge in [-0.2, -0.15) is 0 Å². The van der Waals surface area contributed by atoms with Gasteiger partial charge in [-0.05, 0) is 18.4 Å². The van der Waals surface area contributed by atoms with Gasteiger partial charge in [0.2, 0.25) is 0 Å². The molecule has 26 heavy (non-hydrogen) atoms. The number of carbonyl (C=O) groups is 2. The molecule has 1 aliphatic rings. The molecule has 134 valence electrons. The Kier molecular flexibility index (Phi) is 6.17. The summed E-state index contributed by atoms with van der Waals surface area (Å²) in [4.78, 5) is 26.2. The Morgan fingerprint density at radius 2 is 1.23 bits per heavy atom. The summed E-state index contributed by atoms with van der Waals surface area (Å²) in [5.74, 6) is -0.00000534. The van der Waals surface area contributed by atoms with Gasteiger partial charge in [0.15, 0.2) is 11.6 Å². The van der Waals surface area contributed by atoms with Crippen LogP contribution in [0.4, 0.5) is 0 Å². The standard InChI is InChI=1S/C24H26O2/c1-2-3-4-5-6-10-17-21-22(18-13-8-7-9-14-18)24(26)20-16-12-11-15-19(20)23(21)25/h7-9,11-16H,2-6,10,17H2,1H3. The zero-order valence-corrected chi connectivity index (χ0v) is 15.5. The molecule has 0 saturated heterocycles. The second-order valence-corrected chi connectivity index (χ2v) is 6.94. The van der Waals surface area contributed by atoms with Crippen LogP contribution < -0.4 is 0 Å². The van der Waals surface area contributed by atoms with E-state index in [9.17, 15) is 9.59 Å². The second kappa shape index (κ2) is 8.75. The van der Waals surface area contributed by atoms with Gasteiger partial charge < -0.3 is 0 Å². The van der Waals surface area contributed by atoms with Crippen molar-refractivity contribution < 1.29 is 9.59 Å². The number of fused-ring (bicyclic) bond motifs is 1. The van der Waals surface area contributed by atoms with E-state index in [-0.39, 0.29) is 11.6 Å². The normalized spacial score (nSPS) is 13.9. The summed E-state index contributed by atoms with van der Waals surface area (Å²) in [6.07, 6.45) is 7.67. The lowest BCUT2D eigenvalue weighted by Crippen LogP contribution is -2.21. The molecule has 0 radical (unpaired) electrons. The topological polar surface area (TPSA) is 34.1 Å². The molecule has 2 aromatic rings. The van der Waals surface area contributed by atoms with Crippen molar-refractivity contribution in [3.63, 3.8) is 0 Å². The molecule has 0 heterocycles. The average Bonchev–Trinajstić information content (AvgIpc) is 2.69. The van der Waals surface area contributed by atoms with Gasteiger partial charge in [-0.25, -0.2) is 0 Å². The first-order chi connectivity index (χ1) is 12.7. The molecule has 0 fully saturated rings. The molecule has 0 aliphatic heterocycles. The van der Waals surface area contributed by atoms with E-state index in [0.717, 1.165) is 18.4 Å². The maximum Gasteiger partial charge on any atom is 0.194 e. The Morgan fingerprint density at radius 1 is 0.654 bits per heavy atom. The van der Waals surface area contributed by atoms with E-state index >= 15 is 0 Å². The van der Waals surface area contributed by atoms with Crippen molar-refractivity contribution >= 4 is 17.1 Å². The molecule has 0 aromatic heterocycles. The lowest BCUT2D eigenvalue weighted by molar-refractivity contribution is 0.0988. The van der Waals surface area contributed by atoms with E-state index in [2.05, 4.69) is 6.92 Å². The van der Waals surface area contributed by atoms with Crippen molar-refractivity contribution in [2.45, 2.75) is 51.9 Å². The van der Waals surface area contributed by atoms with Crippen molar-refractivity contribution in [3.8, 4) is 0 Å². The first-order valence-corrected chi connectivity index (χ1v) is 9.71. The molecule has 2 heteroatoms. The number of carbonyl (C=O) groups excluding carboxylic acids is 2. The lowest BCUT2D eigenvalue weighted by Gasteiger charge is -2.21. The van der Waals surface area contributed by atoms with Gasteiger partial charge in [0.05, 0.1) is 0 Å². The lowest BCUT2D eigenvalue weighted by atomic mass is 9.79. The summed E-state index contributed by atoms with van der Waals surface area (Å²) in [7, 11) is 0. The van der Waals surface area contributed by atoms with Crippen LogP contribution in [0, 0.1) is 0 Å². The summed E-state index contributed by atoms with van der Waals surface area (Å²) < 4.78 is 0. The third-order valence-electron chi connectivity index (χ3n) is 5.06. The predicted molar refractivity (Wildman–Crippen MR) is 106 cm³/mol. The fraction of sp³-hybridized carbons (Fsp3) is 0.333. The van der Waals surface area contributed by atoms with Crippen LogP contribution in [0.25, 0.3) is 5.57 Å². The average molecular weight is 346 g/mol. The molecule has 2 nitrogen and oxygen atoms in total. The van der Waals surface area contributed by atoms with Gasteiger partial charge in [0, 0.05) is 22.3 Å². The van der Waals surface area contributed by atoms with Crippen LogP contribution in [-0.2, 0) is 0 Å². The minimum Gasteiger partial charge on any atom is -0.289 e. The van der Waals surface area contributed by atoms with Crippen LogP contribution in [0.15, 0.2) is 60.2 Å². The number of Topliss-reactive ketones (excluding diaryl/α,β-unsaturated/α-hetero) is 2. The molecule has 1 aliphatic carbocycles. The second-order valence-electron chi connectivity index (χ2n) is 6.94. The Balaban J connectivity index is 1.89. The largest absolute Gasteiger partial charge is 0.289 e. The highest BCUT2D eigenvalue weighted by Gasteiger charge is 2.31. The van der Waals surface area contributed by atoms with Gasteiger partial charge >= 0.3 is 0 Å². The monoisotopic (exact) mass is 346 g/mol. The summed E-state index contributed by atoms with van der Waals surface area (Å²) in [5, 5.41) is 0. The Hall–Kier alpha value is -2.48. The predicted octanol–water partition coefficient (Wildman–Crippen LogP) is 6.27. The number of unbranched alkanes of at least 4 members (excludes halogenated alkanes) is 5. The van der Waals surface area contributed by atoms with Crippen molar-refractivity contribution in [1.29, 1.82) is 0 Å². The third-order valence-corrected chi connectivity index (χ3v) is 5.06. The SMILES string of the molecule is CCCCCCCCC1=C(c2ccccc2)C(=O)c2ccccc2C1=O. The van der Waals surface area contributed by atoms with Crippen molar-refractivity contribution in [1.82, 2.24) is 0 Å². The molecule has 0 amide bonds. The van der Waals surface area contributed by atoms with Crippen LogP contribution in [0.2, 0.25) is 0 Å². The van der Waals surface area contributed by atoms with Crippen LogP contribution >= 0.6 is 0 Å². The van der Waals surface area contributed by atoms with Gasteiger partial charge in [-0.3, -0.25) is 9.59 Å². The zero-order valence-electron chi connectivity index (χ0n) is 15.5. The zero-order chi connectivity index (χ0) is 18.4. The first kappa shape index (κ1) is 18.3. The van der Waals surface area contributed by atoms with Gasteiger partial charge in [0.25, 0.3) is 0 Å². The highest BCUT2D eigenvalue weighted by atomic mass is 16.1. The molecular weight excluding hydrogens is 320 g/mol. The first-order valence-electron chi connectivity index (χ1n) is 9.71. The quantitative estimate of drug-likeness (QED) is 0.528. The molecule has 0 unspecified atom stereocenters. The summed E-state index contributed by atoms with van der Waals surface area (Å²) >= 11 is 0. The Morgan fingerprint density at radius 3 is 1.92 bits per heavy atom. The molecule has 0 atom stereocenters. The van der Waals surface area contributed by atoms with E-state index in [1.54, 1.807) is 12.1 Å². The number of hydrogen-bond donors (Lipinski definition) is 0. The van der Waals surface area contributed by atoms with Crippen molar-refractivity contribution in [2.75, 3.05) is 0 Å². The summed E-state index contributed by atoms with van der Waals surface area (Å²) in [6, 6.07) is 16.8. The molecule has 0 bridgehead atoms. The minimum absolute atomic E-state index is 0.0209. The molecule has 0 saturated carbocycles. The van der Waals surface area contributed by atoms with Crippen LogP contribution in [-0.4, -0.2) is 11.6 Å². The Labute approximate surface area is 155 Å². The van der Waals surface area contributed by atoms with E-state index in [4.69, 9.17) is 0 Å². The highest BCUT2D eigenvalue weighted by Crippen LogP contribution is 2.34. The van der Waals surface area contributed by atoms with Crippen molar-refractivity contribution in [3.05, 3.63) is 76.9 Å². The molecule has 2 aromatic carbocycles. The molecule has 0 spiro atoms. The molecular formula is C24H26O2. The van der Waals surface area contributed by atoms with Gasteiger partial charge in [-0.1, -0.05) is 93.6 Å². The maximum absolute atomic E-state index is 13.1. The summed E-state index contributed by atoms with van der Waals surface area (Å²) in [5.41, 5.74) is 3.22. The number of hydrogen-bond acceptors (Lipinski definition) is 2. The fourth-order valence-corrected chi connectivity index (χ4v) is 3.66. The van der Waals surface area contributed by atoms with Crippen LogP contribution in [0.3, 0.4) is 0 Å². The number of ketones is 2. The van der Waals surface area contributed by atoms with Crippen LogP contribution in [0.5, 0.6) is 0 Å². The molecule has 0 N–H and O–H groups in total. The van der Waals surface area contributed by atoms with Crippen LogP contribution in [0.1, 0.15) is 78.1 Å². The maximum atomic E-state index is 13.1.